The highest BCUT2D eigenvalue weighted by atomic mass is 16.5. The van der Waals surface area contributed by atoms with Gasteiger partial charge in [0.25, 0.3) is 5.91 Å². The average Bonchev–Trinajstić information content (AvgIpc) is 3.40. The van der Waals surface area contributed by atoms with E-state index in [0.29, 0.717) is 17.1 Å². The second-order valence-corrected chi connectivity index (χ2v) is 9.69. The molecule has 8 heteroatoms. The van der Waals surface area contributed by atoms with Gasteiger partial charge in [-0.05, 0) is 61.4 Å². The van der Waals surface area contributed by atoms with Gasteiger partial charge in [-0.15, -0.1) is 0 Å². The summed E-state index contributed by atoms with van der Waals surface area (Å²) in [4.78, 5) is 29.8. The van der Waals surface area contributed by atoms with Crippen molar-refractivity contribution in [2.75, 3.05) is 19.1 Å². The second kappa shape index (κ2) is 10.6. The highest BCUT2D eigenvalue weighted by Crippen LogP contribution is 2.36. The maximum absolute atomic E-state index is 14.2. The zero-order chi connectivity index (χ0) is 27.6. The Kier molecular flexibility index (Phi) is 7.11. The topological polar surface area (TPSA) is 85.7 Å². The fraction of sp³-hybridized carbons (Fsp3) is 0.258. The van der Waals surface area contributed by atoms with Crippen molar-refractivity contribution in [1.29, 1.82) is 0 Å². The van der Waals surface area contributed by atoms with Crippen molar-refractivity contribution in [2.45, 2.75) is 38.9 Å². The standard InChI is InChI=1S/C31H32N4O4/c1-5-21-10-6-8-12-26(21)35-29(36)27-18-25(22-14-16-24(38-3)17-15-22)33-34(27)20-31(35,2)30(37)32-19-23-11-7-9-13-28(23)39-4/h6-18H,5,19-20H2,1-4H3,(H,32,37)/t31-/m1/s1. The number of nitrogens with one attached hydrogen (secondary N) is 1. The van der Waals surface area contributed by atoms with Crippen LogP contribution in [0, 0.1) is 0 Å². The Balaban J connectivity index is 1.55. The molecule has 0 unspecified atom stereocenters. The minimum Gasteiger partial charge on any atom is -0.497 e. The third-order valence-electron chi connectivity index (χ3n) is 7.27. The molecule has 0 spiro atoms. The van der Waals surface area contributed by atoms with Gasteiger partial charge < -0.3 is 14.8 Å². The Bertz CT molecular complexity index is 1510. The first kappa shape index (κ1) is 26.0. The van der Waals surface area contributed by atoms with Crippen LogP contribution in [0.1, 0.15) is 35.5 Å². The van der Waals surface area contributed by atoms with Gasteiger partial charge in [-0.2, -0.15) is 5.10 Å². The smallest absolute Gasteiger partial charge is 0.277 e. The predicted octanol–water partition coefficient (Wildman–Crippen LogP) is 4.87. The van der Waals surface area contributed by atoms with Crippen LogP contribution >= 0.6 is 0 Å². The number of hydrogen-bond acceptors (Lipinski definition) is 5. The summed E-state index contributed by atoms with van der Waals surface area (Å²) in [5.74, 6) is 0.874. The Morgan fingerprint density at radius 3 is 2.36 bits per heavy atom. The number of anilines is 1. The number of methoxy groups -OCH3 is 2. The van der Waals surface area contributed by atoms with Gasteiger partial charge >= 0.3 is 0 Å². The average molecular weight is 525 g/mol. The second-order valence-electron chi connectivity index (χ2n) is 9.69. The molecule has 39 heavy (non-hydrogen) atoms. The molecule has 5 rings (SSSR count). The predicted molar refractivity (Wildman–Crippen MR) is 150 cm³/mol. The van der Waals surface area contributed by atoms with E-state index in [9.17, 15) is 9.59 Å². The van der Waals surface area contributed by atoms with Gasteiger partial charge in [-0.3, -0.25) is 19.2 Å². The van der Waals surface area contributed by atoms with Gasteiger partial charge in [0.2, 0.25) is 5.91 Å². The molecule has 1 aromatic heterocycles. The summed E-state index contributed by atoms with van der Waals surface area (Å²) >= 11 is 0. The fourth-order valence-electron chi connectivity index (χ4n) is 5.10. The molecule has 1 N–H and O–H groups in total. The molecule has 8 nitrogen and oxygen atoms in total. The lowest BCUT2D eigenvalue weighted by atomic mass is 9.92. The Hall–Kier alpha value is -4.59. The first-order chi connectivity index (χ1) is 18.9. The number of amides is 2. The summed E-state index contributed by atoms with van der Waals surface area (Å²) in [6.07, 6.45) is 0.717. The number of aryl methyl sites for hydroxylation is 1. The van der Waals surface area contributed by atoms with Crippen molar-refractivity contribution in [1.82, 2.24) is 15.1 Å². The number of carbonyl (C=O) groups excluding carboxylic acids is 2. The van der Waals surface area contributed by atoms with Crippen LogP contribution < -0.4 is 19.7 Å². The summed E-state index contributed by atoms with van der Waals surface area (Å²) < 4.78 is 12.4. The van der Waals surface area contributed by atoms with E-state index in [2.05, 4.69) is 5.32 Å². The number of nitrogens with zero attached hydrogens (tertiary/aromatic N) is 3. The number of carbonyl (C=O) groups is 2. The number of rotatable bonds is 8. The van der Waals surface area contributed by atoms with Crippen molar-refractivity contribution in [3.63, 3.8) is 0 Å². The third-order valence-corrected chi connectivity index (χ3v) is 7.27. The maximum atomic E-state index is 14.2. The van der Waals surface area contributed by atoms with Crippen LogP contribution in [0.15, 0.2) is 78.9 Å². The molecule has 2 heterocycles. The molecule has 0 radical (unpaired) electrons. The monoisotopic (exact) mass is 524 g/mol. The molecule has 2 amide bonds. The SMILES string of the molecule is CCc1ccccc1N1C(=O)c2cc(-c3ccc(OC)cc3)nn2C[C@]1(C)C(=O)NCc1ccccc1OC. The lowest BCUT2D eigenvalue weighted by Crippen LogP contribution is -2.64. The first-order valence-corrected chi connectivity index (χ1v) is 12.9. The fourth-order valence-corrected chi connectivity index (χ4v) is 5.10. The molecule has 4 aromatic rings. The molecule has 0 fully saturated rings. The number of hydrogen-bond donors (Lipinski definition) is 1. The van der Waals surface area contributed by atoms with Crippen LogP contribution in [0.4, 0.5) is 5.69 Å². The van der Waals surface area contributed by atoms with Gasteiger partial charge in [0.05, 0.1) is 26.5 Å². The number of ether oxygens (including phenoxy) is 2. The quantitative estimate of drug-likeness (QED) is 0.356. The molecule has 0 bridgehead atoms. The third kappa shape index (κ3) is 4.74. The van der Waals surface area contributed by atoms with Gasteiger partial charge in [-0.1, -0.05) is 43.3 Å². The van der Waals surface area contributed by atoms with Crippen LogP contribution in [-0.4, -0.2) is 41.4 Å². The lowest BCUT2D eigenvalue weighted by molar-refractivity contribution is -0.126. The summed E-state index contributed by atoms with van der Waals surface area (Å²) in [5.41, 5.74) is 3.26. The molecule has 1 aliphatic rings. The first-order valence-electron chi connectivity index (χ1n) is 12.9. The summed E-state index contributed by atoms with van der Waals surface area (Å²) in [5, 5.41) is 7.81. The normalized spacial score (nSPS) is 16.5. The van der Waals surface area contributed by atoms with E-state index >= 15 is 0 Å². The van der Waals surface area contributed by atoms with Crippen LogP contribution in [0.3, 0.4) is 0 Å². The van der Waals surface area contributed by atoms with Gasteiger partial charge in [-0.25, -0.2) is 0 Å². The largest absolute Gasteiger partial charge is 0.497 e. The molecule has 3 aromatic carbocycles. The van der Waals surface area contributed by atoms with Gasteiger partial charge in [0, 0.05) is 23.4 Å². The van der Waals surface area contributed by atoms with Crippen molar-refractivity contribution in [3.8, 4) is 22.8 Å². The van der Waals surface area contributed by atoms with Crippen LogP contribution in [0.5, 0.6) is 11.5 Å². The van der Waals surface area contributed by atoms with E-state index in [1.807, 2.05) is 79.7 Å². The molecule has 200 valence electrons. The summed E-state index contributed by atoms with van der Waals surface area (Å²) in [6, 6.07) is 24.6. The Morgan fingerprint density at radius 2 is 1.67 bits per heavy atom. The Morgan fingerprint density at radius 1 is 0.974 bits per heavy atom. The van der Waals surface area contributed by atoms with E-state index in [0.717, 1.165) is 34.5 Å². The summed E-state index contributed by atoms with van der Waals surface area (Å²) in [6.45, 7) is 4.30. The van der Waals surface area contributed by atoms with Crippen LogP contribution in [0.2, 0.25) is 0 Å². The van der Waals surface area contributed by atoms with E-state index in [1.165, 1.54) is 0 Å². The van der Waals surface area contributed by atoms with E-state index in [1.54, 1.807) is 36.8 Å². The molecule has 0 saturated carbocycles. The van der Waals surface area contributed by atoms with Gasteiger partial charge in [0.15, 0.2) is 0 Å². The summed E-state index contributed by atoms with van der Waals surface area (Å²) in [7, 11) is 3.22. The Labute approximate surface area is 228 Å². The minimum atomic E-state index is -1.24. The molecular weight excluding hydrogens is 492 g/mol. The highest BCUT2D eigenvalue weighted by Gasteiger charge is 2.49. The van der Waals surface area contributed by atoms with Crippen molar-refractivity contribution in [3.05, 3.63) is 95.7 Å². The molecule has 1 aliphatic heterocycles. The number of aromatic nitrogens is 2. The molecule has 1 atom stereocenters. The van der Waals surface area contributed by atoms with E-state index in [4.69, 9.17) is 14.6 Å². The zero-order valence-electron chi connectivity index (χ0n) is 22.6. The van der Waals surface area contributed by atoms with Crippen molar-refractivity contribution in [2.24, 2.45) is 0 Å². The molecule has 0 saturated heterocycles. The van der Waals surface area contributed by atoms with Crippen molar-refractivity contribution >= 4 is 17.5 Å². The maximum Gasteiger partial charge on any atom is 0.277 e. The highest BCUT2D eigenvalue weighted by molar-refractivity contribution is 6.12. The number of fused-ring (bicyclic) bond motifs is 1. The van der Waals surface area contributed by atoms with E-state index in [-0.39, 0.29) is 24.9 Å². The van der Waals surface area contributed by atoms with Crippen LogP contribution in [0.25, 0.3) is 11.3 Å². The molecular formula is C31H32N4O4. The van der Waals surface area contributed by atoms with Crippen LogP contribution in [-0.2, 0) is 24.3 Å². The number of benzene rings is 3. The van der Waals surface area contributed by atoms with E-state index < -0.39 is 5.54 Å². The molecule has 0 aliphatic carbocycles. The zero-order valence-corrected chi connectivity index (χ0v) is 22.6. The van der Waals surface area contributed by atoms with Gasteiger partial charge in [0.1, 0.15) is 22.7 Å². The number of para-hydroxylation sites is 2. The van der Waals surface area contributed by atoms with Crippen molar-refractivity contribution < 1.29 is 19.1 Å². The minimum absolute atomic E-state index is 0.194. The lowest BCUT2D eigenvalue weighted by Gasteiger charge is -2.43.